The quantitative estimate of drug-likeness (QED) is 0.494. The maximum atomic E-state index is 12.0. The minimum atomic E-state index is -0.274. The van der Waals surface area contributed by atoms with E-state index in [-0.39, 0.29) is 28.2 Å². The number of ketones is 1. The van der Waals surface area contributed by atoms with Gasteiger partial charge < -0.3 is 4.74 Å². The molecule has 3 fully saturated rings. The largest absolute Gasteiger partial charge is 0.458 e. The van der Waals surface area contributed by atoms with Gasteiger partial charge in [-0.3, -0.25) is 9.59 Å². The monoisotopic (exact) mass is 348 g/mol. The number of hydrogen-bond acceptors (Lipinski definition) is 3. The molecule has 1 heterocycles. The Labute approximate surface area is 153 Å². The van der Waals surface area contributed by atoms with Crippen LogP contribution in [0.5, 0.6) is 0 Å². The van der Waals surface area contributed by atoms with Gasteiger partial charge in [-0.05, 0) is 54.2 Å². The van der Waals surface area contributed by atoms with Crippen LogP contribution in [0.2, 0.25) is 0 Å². The Hall–Kier alpha value is -1.90. The lowest BCUT2D eigenvalue weighted by Crippen LogP contribution is -2.53. The van der Waals surface area contributed by atoms with Crippen LogP contribution >= 0.6 is 0 Å². The molecule has 2 saturated carbocycles. The van der Waals surface area contributed by atoms with E-state index in [1.807, 2.05) is 0 Å². The van der Waals surface area contributed by atoms with Crippen molar-refractivity contribution in [3.8, 4) is 0 Å². The first-order chi connectivity index (χ1) is 12.4. The molecule has 134 valence electrons. The summed E-state index contributed by atoms with van der Waals surface area (Å²) in [5.41, 5.74) is 0.679. The Balaban J connectivity index is 1.49. The summed E-state index contributed by atoms with van der Waals surface area (Å²) in [6.45, 7) is 4.59. The molecular weight excluding hydrogens is 324 g/mol. The van der Waals surface area contributed by atoms with Gasteiger partial charge in [0, 0.05) is 23.2 Å². The topological polar surface area (TPSA) is 43.4 Å². The van der Waals surface area contributed by atoms with E-state index in [0.717, 1.165) is 12.0 Å². The van der Waals surface area contributed by atoms with Crippen LogP contribution in [-0.4, -0.2) is 17.4 Å². The van der Waals surface area contributed by atoms with Crippen molar-refractivity contribution in [2.45, 2.75) is 38.7 Å². The van der Waals surface area contributed by atoms with Crippen LogP contribution in [0.1, 0.15) is 33.1 Å². The zero-order valence-electron chi connectivity index (χ0n) is 15.3. The molecule has 0 aromatic rings. The number of rotatable bonds is 0. The second-order valence-electron chi connectivity index (χ2n) is 9.62. The van der Waals surface area contributed by atoms with Crippen LogP contribution in [0.25, 0.3) is 0 Å². The molecule has 7 unspecified atom stereocenters. The summed E-state index contributed by atoms with van der Waals surface area (Å²) in [7, 11) is 0. The van der Waals surface area contributed by atoms with Crippen molar-refractivity contribution in [2.75, 3.05) is 0 Å². The second-order valence-corrected chi connectivity index (χ2v) is 9.62. The smallest absolute Gasteiger partial charge is 0.306 e. The Bertz CT molecular complexity index is 876. The van der Waals surface area contributed by atoms with Crippen molar-refractivity contribution in [2.24, 2.45) is 40.4 Å². The van der Waals surface area contributed by atoms with E-state index in [4.69, 9.17) is 4.74 Å². The lowest BCUT2D eigenvalue weighted by atomic mass is 9.50. The van der Waals surface area contributed by atoms with Gasteiger partial charge in [0.1, 0.15) is 5.60 Å². The van der Waals surface area contributed by atoms with E-state index in [0.29, 0.717) is 36.0 Å². The van der Waals surface area contributed by atoms with E-state index in [9.17, 15) is 9.59 Å². The molecule has 0 radical (unpaired) electrons. The van der Waals surface area contributed by atoms with Gasteiger partial charge in [-0.25, -0.2) is 0 Å². The zero-order valence-corrected chi connectivity index (χ0v) is 15.3. The predicted octanol–water partition coefficient (Wildman–Crippen LogP) is 3.78. The van der Waals surface area contributed by atoms with Gasteiger partial charge in [0.05, 0.1) is 0 Å². The Morgan fingerprint density at radius 2 is 1.96 bits per heavy atom. The van der Waals surface area contributed by atoms with Crippen molar-refractivity contribution in [1.82, 2.24) is 0 Å². The third-order valence-electron chi connectivity index (χ3n) is 8.68. The molecule has 1 spiro atoms. The Morgan fingerprint density at radius 3 is 2.73 bits per heavy atom. The van der Waals surface area contributed by atoms with Crippen LogP contribution in [0.3, 0.4) is 0 Å². The van der Waals surface area contributed by atoms with Gasteiger partial charge in [-0.2, -0.15) is 0 Å². The highest BCUT2D eigenvalue weighted by atomic mass is 16.6. The standard InChI is InChI=1S/C23H24O3/c1-21-8-5-14(24)11-13(21)3-4-15-17(21)6-9-22(2)20(15)16-12-18(16)23(22)10-7-19(25)26-23/h3-6,8-9,11,15-18,20H,7,10,12H2,1-2H3/t15?,16?,17?,18?,20?,21?,22?,23-/m0/s1. The van der Waals surface area contributed by atoms with E-state index < -0.39 is 0 Å². The van der Waals surface area contributed by atoms with E-state index >= 15 is 0 Å². The molecule has 0 bridgehead atoms. The van der Waals surface area contributed by atoms with Crippen molar-refractivity contribution >= 4 is 11.8 Å². The number of esters is 1. The van der Waals surface area contributed by atoms with Crippen molar-refractivity contribution < 1.29 is 14.3 Å². The summed E-state index contributed by atoms with van der Waals surface area (Å²) in [6.07, 6.45) is 17.6. The molecule has 0 aromatic heterocycles. The molecule has 3 nitrogen and oxygen atoms in total. The minimum absolute atomic E-state index is 0.0156. The summed E-state index contributed by atoms with van der Waals surface area (Å²) < 4.78 is 6.08. The summed E-state index contributed by atoms with van der Waals surface area (Å²) in [6, 6.07) is 0. The fourth-order valence-electron chi connectivity index (χ4n) is 7.39. The Morgan fingerprint density at radius 1 is 1.12 bits per heavy atom. The molecule has 0 N–H and O–H groups in total. The van der Waals surface area contributed by atoms with Crippen LogP contribution in [0.15, 0.2) is 48.1 Å². The average molecular weight is 348 g/mol. The maximum absolute atomic E-state index is 12.0. The van der Waals surface area contributed by atoms with Gasteiger partial charge in [0.25, 0.3) is 0 Å². The third kappa shape index (κ3) is 1.50. The van der Waals surface area contributed by atoms with Crippen LogP contribution in [0.4, 0.5) is 0 Å². The van der Waals surface area contributed by atoms with Crippen molar-refractivity contribution in [3.05, 3.63) is 48.1 Å². The minimum Gasteiger partial charge on any atom is -0.458 e. The number of fused-ring (bicyclic) bond motifs is 9. The molecule has 8 atom stereocenters. The highest BCUT2D eigenvalue weighted by Crippen LogP contribution is 2.77. The van der Waals surface area contributed by atoms with Crippen LogP contribution < -0.4 is 0 Å². The maximum Gasteiger partial charge on any atom is 0.306 e. The SMILES string of the molecule is CC12C=CC(=O)C=C1C=CC1C2C=CC2(C)C1C1CC1[C@@]21CCC(=O)O1. The summed E-state index contributed by atoms with van der Waals surface area (Å²) in [5.74, 6) is 2.61. The Kier molecular flexibility index (Phi) is 2.52. The first-order valence-corrected chi connectivity index (χ1v) is 9.94. The highest BCUT2D eigenvalue weighted by Gasteiger charge is 2.78. The van der Waals surface area contributed by atoms with Crippen LogP contribution in [-0.2, 0) is 14.3 Å². The number of carbonyl (C=O) groups is 2. The summed E-state index contributed by atoms with van der Waals surface area (Å²) in [4.78, 5) is 23.9. The number of carbonyl (C=O) groups excluding carboxylic acids is 2. The number of ether oxygens (including phenoxy) is 1. The number of hydrogen-bond donors (Lipinski definition) is 0. The zero-order chi connectivity index (χ0) is 17.9. The molecule has 6 aliphatic rings. The molecule has 0 amide bonds. The fourth-order valence-corrected chi connectivity index (χ4v) is 7.39. The van der Waals surface area contributed by atoms with E-state index in [1.54, 1.807) is 12.2 Å². The molecular formula is C23H24O3. The molecule has 3 heteroatoms. The van der Waals surface area contributed by atoms with Crippen molar-refractivity contribution in [1.29, 1.82) is 0 Å². The van der Waals surface area contributed by atoms with Crippen LogP contribution in [0, 0.1) is 40.4 Å². The lowest BCUT2D eigenvalue weighted by molar-refractivity contribution is -0.160. The van der Waals surface area contributed by atoms with Gasteiger partial charge in [0.15, 0.2) is 5.78 Å². The van der Waals surface area contributed by atoms with Gasteiger partial charge >= 0.3 is 5.97 Å². The van der Waals surface area contributed by atoms with Crippen molar-refractivity contribution in [3.63, 3.8) is 0 Å². The first-order valence-electron chi connectivity index (χ1n) is 9.94. The summed E-state index contributed by atoms with van der Waals surface area (Å²) >= 11 is 0. The number of allylic oxidation sites excluding steroid dienone is 7. The summed E-state index contributed by atoms with van der Waals surface area (Å²) in [5, 5.41) is 0. The molecule has 1 aliphatic heterocycles. The molecule has 26 heavy (non-hydrogen) atoms. The first kappa shape index (κ1) is 15.2. The van der Waals surface area contributed by atoms with Gasteiger partial charge in [0.2, 0.25) is 0 Å². The molecule has 5 aliphatic carbocycles. The van der Waals surface area contributed by atoms with E-state index in [2.05, 4.69) is 44.2 Å². The highest BCUT2D eigenvalue weighted by molar-refractivity contribution is 6.01. The van der Waals surface area contributed by atoms with Gasteiger partial charge in [-0.1, -0.05) is 44.2 Å². The van der Waals surface area contributed by atoms with Gasteiger partial charge in [-0.15, -0.1) is 0 Å². The normalized spacial score (nSPS) is 55.2. The third-order valence-corrected chi connectivity index (χ3v) is 8.68. The molecule has 1 saturated heterocycles. The lowest BCUT2D eigenvalue weighted by Gasteiger charge is -2.54. The average Bonchev–Trinajstić information content (AvgIpc) is 3.24. The molecule has 6 rings (SSSR count). The predicted molar refractivity (Wildman–Crippen MR) is 96.8 cm³/mol. The molecule has 0 aromatic carbocycles. The fraction of sp³-hybridized carbons (Fsp3) is 0.565. The van der Waals surface area contributed by atoms with E-state index in [1.165, 1.54) is 6.42 Å². The second kappa shape index (κ2) is 4.32.